The lowest BCUT2D eigenvalue weighted by atomic mass is 9.77. The third-order valence-electron chi connectivity index (χ3n) is 5.27. The van der Waals surface area contributed by atoms with E-state index in [4.69, 9.17) is 9.31 Å². The van der Waals surface area contributed by atoms with Crippen LogP contribution in [0, 0.1) is 0 Å². The zero-order valence-electron chi connectivity index (χ0n) is 15.9. The molecule has 2 aliphatic rings. The van der Waals surface area contributed by atoms with E-state index < -0.39 is 18.3 Å². The Hall–Kier alpha value is -2.12. The van der Waals surface area contributed by atoms with Crippen LogP contribution >= 0.6 is 0 Å². The van der Waals surface area contributed by atoms with Gasteiger partial charge >= 0.3 is 7.12 Å². The molecule has 0 radical (unpaired) electrons. The van der Waals surface area contributed by atoms with E-state index in [0.29, 0.717) is 18.7 Å². The monoisotopic (exact) mass is 356 g/mol. The summed E-state index contributed by atoms with van der Waals surface area (Å²) in [6.07, 6.45) is 1.92. The van der Waals surface area contributed by atoms with E-state index in [2.05, 4.69) is 10.6 Å². The van der Waals surface area contributed by atoms with Crippen LogP contribution in [0.25, 0.3) is 6.08 Å². The van der Waals surface area contributed by atoms with Crippen LogP contribution in [0.5, 0.6) is 0 Å². The van der Waals surface area contributed by atoms with Crippen molar-refractivity contribution in [3.8, 4) is 0 Å². The van der Waals surface area contributed by atoms with Gasteiger partial charge in [0.25, 0.3) is 5.91 Å². The van der Waals surface area contributed by atoms with Crippen LogP contribution in [0.1, 0.15) is 56.1 Å². The molecule has 0 aromatic heterocycles. The minimum atomic E-state index is -0.561. The van der Waals surface area contributed by atoms with Gasteiger partial charge in [-0.3, -0.25) is 9.59 Å². The predicted octanol–water partition coefficient (Wildman–Crippen LogP) is 2.08. The highest BCUT2D eigenvalue weighted by atomic mass is 16.7. The largest absolute Gasteiger partial charge is 0.492 e. The highest BCUT2D eigenvalue weighted by Gasteiger charge is 2.52. The number of hydrogen-bond acceptors (Lipinski definition) is 4. The van der Waals surface area contributed by atoms with Crippen LogP contribution in [-0.4, -0.2) is 36.7 Å². The third kappa shape index (κ3) is 3.55. The molecule has 2 aliphatic heterocycles. The van der Waals surface area contributed by atoms with Gasteiger partial charge in [-0.05, 0) is 50.4 Å². The number of rotatable bonds is 4. The van der Waals surface area contributed by atoms with E-state index in [9.17, 15) is 9.59 Å². The van der Waals surface area contributed by atoms with Crippen molar-refractivity contribution in [2.75, 3.05) is 6.54 Å². The maximum absolute atomic E-state index is 11.9. The molecule has 7 heteroatoms. The Bertz CT molecular complexity index is 770. The molecule has 2 amide bonds. The standard InChI is InChI=1S/C19H25BN2O4/c1-12(23)21-11-15(20-25-18(2,3)19(4,5)26-20)8-13-6-7-14-10-22-17(24)16(14)9-13/h6-9H,10-11H2,1-5H3,(H,21,23)(H,22,24). The molecular formula is C19H25BN2O4. The maximum Gasteiger partial charge on any atom is 0.492 e. The lowest BCUT2D eigenvalue weighted by molar-refractivity contribution is -0.118. The van der Waals surface area contributed by atoms with Gasteiger partial charge in [0.2, 0.25) is 5.91 Å². The van der Waals surface area contributed by atoms with Gasteiger partial charge in [0.1, 0.15) is 0 Å². The van der Waals surface area contributed by atoms with Gasteiger partial charge in [-0.2, -0.15) is 0 Å². The fourth-order valence-corrected chi connectivity index (χ4v) is 2.96. The smallest absolute Gasteiger partial charge is 0.400 e. The van der Waals surface area contributed by atoms with E-state index in [1.54, 1.807) is 0 Å². The molecule has 0 unspecified atom stereocenters. The average molecular weight is 356 g/mol. The Morgan fingerprint density at radius 2 is 1.92 bits per heavy atom. The van der Waals surface area contributed by atoms with Crippen molar-refractivity contribution < 1.29 is 18.9 Å². The Balaban J connectivity index is 1.92. The van der Waals surface area contributed by atoms with Crippen molar-refractivity contribution in [3.05, 3.63) is 40.4 Å². The van der Waals surface area contributed by atoms with E-state index >= 15 is 0 Å². The Labute approximate surface area is 154 Å². The molecule has 138 valence electrons. The van der Waals surface area contributed by atoms with Gasteiger partial charge in [0.05, 0.1) is 11.2 Å². The van der Waals surface area contributed by atoms with Crippen LogP contribution in [0.2, 0.25) is 0 Å². The molecule has 2 N–H and O–H groups in total. The van der Waals surface area contributed by atoms with Gasteiger partial charge in [-0.15, -0.1) is 0 Å². The Kier molecular flexibility index (Phi) is 4.71. The summed E-state index contributed by atoms with van der Waals surface area (Å²) in [5.41, 5.74) is 2.42. The lowest BCUT2D eigenvalue weighted by Gasteiger charge is -2.32. The normalized spacial score (nSPS) is 20.7. The molecule has 26 heavy (non-hydrogen) atoms. The van der Waals surface area contributed by atoms with Crippen molar-refractivity contribution in [1.29, 1.82) is 0 Å². The molecule has 3 rings (SSSR count). The van der Waals surface area contributed by atoms with Crippen LogP contribution < -0.4 is 10.6 Å². The summed E-state index contributed by atoms with van der Waals surface area (Å²) in [6.45, 7) is 10.3. The average Bonchev–Trinajstić information content (AvgIpc) is 3.00. The molecule has 1 aromatic rings. The third-order valence-corrected chi connectivity index (χ3v) is 5.27. The van der Waals surface area contributed by atoms with E-state index in [1.165, 1.54) is 6.92 Å². The molecular weight excluding hydrogens is 331 g/mol. The molecule has 0 atom stereocenters. The molecule has 0 saturated carbocycles. The second-order valence-electron chi connectivity index (χ2n) is 7.82. The summed E-state index contributed by atoms with van der Waals surface area (Å²) in [4.78, 5) is 23.3. The first kappa shape index (κ1) is 18.7. The SMILES string of the molecule is CC(=O)NCC(=Cc1ccc2c(c1)C(=O)NC2)B1OC(C)(C)C(C)(C)O1. The van der Waals surface area contributed by atoms with Gasteiger partial charge in [-0.25, -0.2) is 0 Å². The number of amides is 2. The van der Waals surface area contributed by atoms with Crippen molar-refractivity contribution >= 4 is 25.0 Å². The minimum absolute atomic E-state index is 0.0608. The van der Waals surface area contributed by atoms with Crippen molar-refractivity contribution in [2.45, 2.75) is 52.4 Å². The zero-order valence-corrected chi connectivity index (χ0v) is 15.9. The quantitative estimate of drug-likeness (QED) is 0.810. The fraction of sp³-hybridized carbons (Fsp3) is 0.474. The second-order valence-corrected chi connectivity index (χ2v) is 7.82. The molecule has 0 aliphatic carbocycles. The summed E-state index contributed by atoms with van der Waals surface area (Å²) < 4.78 is 12.2. The first-order valence-corrected chi connectivity index (χ1v) is 8.81. The van der Waals surface area contributed by atoms with Crippen molar-refractivity contribution in [3.63, 3.8) is 0 Å². The highest BCUT2D eigenvalue weighted by molar-refractivity contribution is 6.56. The second kappa shape index (κ2) is 6.56. The topological polar surface area (TPSA) is 76.7 Å². The molecule has 6 nitrogen and oxygen atoms in total. The zero-order chi connectivity index (χ0) is 19.1. The minimum Gasteiger partial charge on any atom is -0.400 e. The van der Waals surface area contributed by atoms with Crippen LogP contribution in [0.3, 0.4) is 0 Å². The lowest BCUT2D eigenvalue weighted by Crippen LogP contribution is -2.41. The number of carbonyl (C=O) groups is 2. The fourth-order valence-electron chi connectivity index (χ4n) is 2.96. The summed E-state index contributed by atoms with van der Waals surface area (Å²) in [7, 11) is -0.561. The first-order chi connectivity index (χ1) is 12.1. The van der Waals surface area contributed by atoms with Crippen molar-refractivity contribution in [2.24, 2.45) is 0 Å². The molecule has 1 saturated heterocycles. The molecule has 0 spiro atoms. The molecule has 1 fully saturated rings. The number of hydrogen-bond donors (Lipinski definition) is 2. The van der Waals surface area contributed by atoms with E-state index in [0.717, 1.165) is 16.6 Å². The van der Waals surface area contributed by atoms with Gasteiger partial charge < -0.3 is 19.9 Å². The van der Waals surface area contributed by atoms with Crippen LogP contribution in [0.4, 0.5) is 0 Å². The van der Waals surface area contributed by atoms with Gasteiger partial charge in [0, 0.05) is 25.6 Å². The van der Waals surface area contributed by atoms with Gasteiger partial charge in [0.15, 0.2) is 0 Å². The summed E-state index contributed by atoms with van der Waals surface area (Å²) >= 11 is 0. The molecule has 0 bridgehead atoms. The van der Waals surface area contributed by atoms with Crippen LogP contribution in [-0.2, 0) is 20.6 Å². The maximum atomic E-state index is 11.9. The highest BCUT2D eigenvalue weighted by Crippen LogP contribution is 2.38. The summed E-state index contributed by atoms with van der Waals surface area (Å²) in [5, 5.41) is 5.63. The van der Waals surface area contributed by atoms with Crippen LogP contribution in [0.15, 0.2) is 23.7 Å². The van der Waals surface area contributed by atoms with Gasteiger partial charge in [-0.1, -0.05) is 18.2 Å². The molecule has 1 aromatic carbocycles. The Morgan fingerprint density at radius 1 is 1.27 bits per heavy atom. The van der Waals surface area contributed by atoms with E-state index in [1.807, 2.05) is 52.0 Å². The number of carbonyl (C=O) groups excluding carboxylic acids is 2. The van der Waals surface area contributed by atoms with E-state index in [-0.39, 0.29) is 11.8 Å². The number of nitrogens with one attached hydrogen (secondary N) is 2. The van der Waals surface area contributed by atoms with Crippen molar-refractivity contribution in [1.82, 2.24) is 10.6 Å². The Morgan fingerprint density at radius 3 is 2.54 bits per heavy atom. The predicted molar refractivity (Wildman–Crippen MR) is 100 cm³/mol. The summed E-state index contributed by atoms with van der Waals surface area (Å²) in [5.74, 6) is -0.185. The summed E-state index contributed by atoms with van der Waals surface area (Å²) in [6, 6.07) is 5.76. The number of fused-ring (bicyclic) bond motifs is 1. The molecule has 2 heterocycles. The number of benzene rings is 1. The first-order valence-electron chi connectivity index (χ1n) is 8.81.